The van der Waals surface area contributed by atoms with Gasteiger partial charge in [0.1, 0.15) is 0 Å². The third-order valence-electron chi connectivity index (χ3n) is 7.78. The van der Waals surface area contributed by atoms with E-state index in [0.717, 1.165) is 59.6 Å². The van der Waals surface area contributed by atoms with Crippen molar-refractivity contribution >= 4 is 32.6 Å². The molecule has 1 unspecified atom stereocenters. The zero-order valence-corrected chi connectivity index (χ0v) is 25.5. The number of nitrogens with one attached hydrogen (secondary N) is 2. The number of unbranched alkanes of at least 4 members (excludes halogenated alkanes) is 4. The van der Waals surface area contributed by atoms with E-state index in [1.807, 2.05) is 81.4 Å². The highest BCUT2D eigenvalue weighted by molar-refractivity contribution is 7.90. The summed E-state index contributed by atoms with van der Waals surface area (Å²) in [7, 11) is -3.98. The normalized spacial score (nSPS) is 12.2. The first-order valence-corrected chi connectivity index (χ1v) is 16.1. The molecule has 4 aromatic carbocycles. The van der Waals surface area contributed by atoms with Crippen LogP contribution in [0.1, 0.15) is 77.1 Å². The van der Waals surface area contributed by atoms with E-state index in [1.165, 1.54) is 17.7 Å². The lowest BCUT2D eigenvalue weighted by atomic mass is 9.91. The Kier molecular flexibility index (Phi) is 10.5. The number of rotatable bonds is 13. The van der Waals surface area contributed by atoms with Crippen molar-refractivity contribution in [1.82, 2.24) is 10.0 Å². The summed E-state index contributed by atoms with van der Waals surface area (Å²) in [5.41, 5.74) is 4.70. The monoisotopic (exact) mass is 584 g/mol. The summed E-state index contributed by atoms with van der Waals surface area (Å²) in [6.07, 6.45) is 5.03. The van der Waals surface area contributed by atoms with E-state index in [9.17, 15) is 18.0 Å². The highest BCUT2D eigenvalue weighted by Gasteiger charge is 2.26. The number of hydrogen-bond acceptors (Lipinski definition) is 4. The second kappa shape index (κ2) is 14.3. The average molecular weight is 585 g/mol. The molecule has 7 heteroatoms. The highest BCUT2D eigenvalue weighted by Crippen LogP contribution is 2.27. The molecule has 42 heavy (non-hydrogen) atoms. The van der Waals surface area contributed by atoms with Crippen LogP contribution in [0.5, 0.6) is 0 Å². The molecular weight excluding hydrogens is 544 g/mol. The van der Waals surface area contributed by atoms with Gasteiger partial charge in [-0.25, -0.2) is 13.1 Å². The van der Waals surface area contributed by atoms with Crippen molar-refractivity contribution in [3.05, 3.63) is 113 Å². The summed E-state index contributed by atoms with van der Waals surface area (Å²) >= 11 is 0. The molecule has 0 aliphatic carbocycles. The number of amides is 2. The van der Waals surface area contributed by atoms with E-state index in [1.54, 1.807) is 12.1 Å². The average Bonchev–Trinajstić information content (AvgIpc) is 2.97. The molecule has 6 nitrogen and oxygen atoms in total. The van der Waals surface area contributed by atoms with Crippen molar-refractivity contribution in [2.45, 2.75) is 70.1 Å². The van der Waals surface area contributed by atoms with Crippen LogP contribution in [-0.2, 0) is 14.8 Å². The Labute approximate surface area is 249 Å². The van der Waals surface area contributed by atoms with Gasteiger partial charge in [0.2, 0.25) is 5.91 Å². The Bertz CT molecular complexity index is 1650. The second-order valence-corrected chi connectivity index (χ2v) is 12.7. The van der Waals surface area contributed by atoms with Gasteiger partial charge in [0.15, 0.2) is 0 Å². The fourth-order valence-corrected chi connectivity index (χ4v) is 6.06. The lowest BCUT2D eigenvalue weighted by Gasteiger charge is -2.18. The van der Waals surface area contributed by atoms with E-state index in [0.29, 0.717) is 18.5 Å². The molecule has 0 aromatic heterocycles. The third-order valence-corrected chi connectivity index (χ3v) is 9.15. The zero-order valence-electron chi connectivity index (χ0n) is 24.7. The molecule has 0 saturated carbocycles. The van der Waals surface area contributed by atoms with E-state index < -0.39 is 21.8 Å². The van der Waals surface area contributed by atoms with Gasteiger partial charge in [0.25, 0.3) is 15.9 Å². The molecule has 0 spiro atoms. The van der Waals surface area contributed by atoms with Crippen LogP contribution < -0.4 is 10.0 Å². The highest BCUT2D eigenvalue weighted by atomic mass is 32.2. The number of sulfonamides is 1. The Morgan fingerprint density at radius 2 is 1.40 bits per heavy atom. The summed E-state index contributed by atoms with van der Waals surface area (Å²) in [5, 5.41) is 5.07. The third kappa shape index (κ3) is 8.29. The molecule has 2 amide bonds. The van der Waals surface area contributed by atoms with Crippen LogP contribution in [-0.4, -0.2) is 26.8 Å². The SMILES string of the molecule is Cc1ccc(S(=O)(=O)NC(=O)C(CCCCCCCNC(=O)c2ccc(C)c(C)c2)c2ccc3ccccc3c2)cc1. The van der Waals surface area contributed by atoms with Gasteiger partial charge in [0.05, 0.1) is 10.8 Å². The number of hydrogen-bond donors (Lipinski definition) is 2. The summed E-state index contributed by atoms with van der Waals surface area (Å²) in [4.78, 5) is 25.9. The molecule has 0 aliphatic heterocycles. The predicted octanol–water partition coefficient (Wildman–Crippen LogP) is 7.12. The molecule has 0 bridgehead atoms. The molecule has 4 aromatic rings. The van der Waals surface area contributed by atoms with Crippen molar-refractivity contribution in [3.63, 3.8) is 0 Å². The van der Waals surface area contributed by atoms with Crippen molar-refractivity contribution < 1.29 is 18.0 Å². The van der Waals surface area contributed by atoms with Crippen LogP contribution in [0.2, 0.25) is 0 Å². The van der Waals surface area contributed by atoms with E-state index >= 15 is 0 Å². The van der Waals surface area contributed by atoms with Gasteiger partial charge in [-0.05, 0) is 85.3 Å². The van der Waals surface area contributed by atoms with E-state index in [4.69, 9.17) is 0 Å². The topological polar surface area (TPSA) is 92.3 Å². The molecule has 0 heterocycles. The molecule has 0 radical (unpaired) electrons. The minimum Gasteiger partial charge on any atom is -0.352 e. The minimum absolute atomic E-state index is 0.0528. The number of carbonyl (C=O) groups is 2. The molecule has 220 valence electrons. The maximum absolute atomic E-state index is 13.4. The molecule has 1 atom stereocenters. The van der Waals surface area contributed by atoms with Crippen LogP contribution in [0.4, 0.5) is 0 Å². The molecule has 4 rings (SSSR count). The van der Waals surface area contributed by atoms with Gasteiger partial charge < -0.3 is 5.32 Å². The van der Waals surface area contributed by atoms with Crippen LogP contribution in [0.15, 0.2) is 89.8 Å². The van der Waals surface area contributed by atoms with Crippen LogP contribution in [0.3, 0.4) is 0 Å². The molecular formula is C35H40N2O4S. The van der Waals surface area contributed by atoms with Crippen molar-refractivity contribution in [2.75, 3.05) is 6.54 Å². The number of fused-ring (bicyclic) bond motifs is 1. The largest absolute Gasteiger partial charge is 0.352 e. The zero-order chi connectivity index (χ0) is 30.1. The number of carbonyl (C=O) groups excluding carboxylic acids is 2. The Hall–Kier alpha value is -3.97. The molecule has 0 saturated heterocycles. The first-order valence-electron chi connectivity index (χ1n) is 14.6. The molecule has 2 N–H and O–H groups in total. The minimum atomic E-state index is -3.98. The number of benzene rings is 4. The standard InChI is InChI=1S/C35H40N2O4S/c1-25-14-20-32(21-15-25)42(40,41)37-35(39)33(30-19-18-28-11-8-9-12-29(28)24-30)13-7-5-4-6-10-22-36-34(38)31-17-16-26(2)27(3)23-31/h8-9,11-12,14-21,23-24,33H,4-7,10,13,22H2,1-3H3,(H,36,38)(H,37,39). The maximum Gasteiger partial charge on any atom is 0.264 e. The maximum atomic E-state index is 13.4. The number of aryl methyl sites for hydroxylation is 3. The fourth-order valence-electron chi connectivity index (χ4n) is 5.04. The Morgan fingerprint density at radius 3 is 2.14 bits per heavy atom. The van der Waals surface area contributed by atoms with E-state index in [-0.39, 0.29) is 10.8 Å². The van der Waals surface area contributed by atoms with Crippen LogP contribution in [0.25, 0.3) is 10.8 Å². The Balaban J connectivity index is 1.32. The summed E-state index contributed by atoms with van der Waals surface area (Å²) < 4.78 is 28.3. The first-order chi connectivity index (χ1) is 20.1. The fraction of sp³-hybridized carbons (Fsp3) is 0.314. The summed E-state index contributed by atoms with van der Waals surface area (Å²) in [6.45, 7) is 6.53. The molecule has 0 aliphatic rings. The second-order valence-electron chi connectivity index (χ2n) is 11.1. The lowest BCUT2D eigenvalue weighted by molar-refractivity contribution is -0.121. The van der Waals surface area contributed by atoms with Gasteiger partial charge in [-0.2, -0.15) is 0 Å². The van der Waals surface area contributed by atoms with Gasteiger partial charge in [-0.3, -0.25) is 9.59 Å². The smallest absolute Gasteiger partial charge is 0.264 e. The van der Waals surface area contributed by atoms with Crippen molar-refractivity contribution in [2.24, 2.45) is 0 Å². The lowest BCUT2D eigenvalue weighted by Crippen LogP contribution is -2.34. The van der Waals surface area contributed by atoms with Gasteiger partial charge >= 0.3 is 0 Å². The molecule has 0 fully saturated rings. The van der Waals surface area contributed by atoms with Gasteiger partial charge in [-0.15, -0.1) is 0 Å². The summed E-state index contributed by atoms with van der Waals surface area (Å²) in [6, 6.07) is 26.0. The first kappa shape index (κ1) is 31.0. The quantitative estimate of drug-likeness (QED) is 0.164. The van der Waals surface area contributed by atoms with Crippen molar-refractivity contribution in [3.8, 4) is 0 Å². The van der Waals surface area contributed by atoms with Gasteiger partial charge in [0, 0.05) is 12.1 Å². The van der Waals surface area contributed by atoms with Gasteiger partial charge in [-0.1, -0.05) is 91.9 Å². The summed E-state index contributed by atoms with van der Waals surface area (Å²) in [5.74, 6) is -1.16. The Morgan fingerprint density at radius 1 is 0.714 bits per heavy atom. The predicted molar refractivity (Wildman–Crippen MR) is 169 cm³/mol. The van der Waals surface area contributed by atoms with Crippen LogP contribution in [0, 0.1) is 20.8 Å². The van der Waals surface area contributed by atoms with Crippen LogP contribution >= 0.6 is 0 Å². The van der Waals surface area contributed by atoms with E-state index in [2.05, 4.69) is 10.0 Å². The van der Waals surface area contributed by atoms with Crippen molar-refractivity contribution in [1.29, 1.82) is 0 Å².